The Morgan fingerprint density at radius 3 is 0.836 bits per heavy atom. The summed E-state index contributed by atoms with van der Waals surface area (Å²) >= 11 is 6.33. The molecule has 0 aliphatic carbocycles. The standard InChI is InChI=1S/2C18H15P.C11H13N.CO.2BrH.W/c2*1-4-10-16(11-5-1)19(17-12-6-2-7-13-17)18-14-8-3-9-15-18;1-4-5-10-6-8-11(9-7-10)12(2)3;1-2;;;/h2*1-15H;6-9H,1-3H3;;2*1H;/q;;;;;;+2/p-2. The van der Waals surface area contributed by atoms with Gasteiger partial charge in [0.1, 0.15) is 0 Å². The van der Waals surface area contributed by atoms with Crippen molar-refractivity contribution in [1.29, 1.82) is 0 Å². The Bertz CT molecular complexity index is 1790. The number of anilines is 1. The van der Waals surface area contributed by atoms with Gasteiger partial charge in [-0.2, -0.15) is 0 Å². The van der Waals surface area contributed by atoms with Gasteiger partial charge < -0.3 is 4.90 Å². The van der Waals surface area contributed by atoms with Gasteiger partial charge in [0.05, 0.1) is 0 Å². The number of rotatable bonds is 7. The molecule has 0 fully saturated rings. The second-order valence-electron chi connectivity index (χ2n) is 11.6. The molecular formula is C48H43Br2NOP2W. The molecule has 7 rings (SSSR count). The van der Waals surface area contributed by atoms with Crippen LogP contribution in [-0.4, -0.2) is 14.1 Å². The van der Waals surface area contributed by atoms with Crippen LogP contribution >= 0.6 is 42.4 Å². The van der Waals surface area contributed by atoms with E-state index in [0.717, 1.165) is 5.56 Å². The molecule has 0 N–H and O–H groups in total. The van der Waals surface area contributed by atoms with Gasteiger partial charge in [0.15, 0.2) is 0 Å². The van der Waals surface area contributed by atoms with E-state index in [1.165, 1.54) is 37.5 Å². The third-order valence-corrected chi connectivity index (χ3v) is 12.6. The molecule has 0 saturated heterocycles. The van der Waals surface area contributed by atoms with Crippen molar-refractivity contribution in [3.05, 3.63) is 218 Å². The van der Waals surface area contributed by atoms with Crippen LogP contribution in [0.4, 0.5) is 5.69 Å². The molecule has 7 aromatic rings. The van der Waals surface area contributed by atoms with E-state index < -0.39 is 15.8 Å². The second kappa shape index (κ2) is 27.7. The molecule has 7 aromatic carbocycles. The predicted octanol–water partition coefficient (Wildman–Crippen LogP) is 10.7. The molecule has 0 atom stereocenters. The summed E-state index contributed by atoms with van der Waals surface area (Å²) in [6, 6.07) is 72.9. The van der Waals surface area contributed by atoms with Gasteiger partial charge in [-0.25, -0.2) is 0 Å². The van der Waals surface area contributed by atoms with Crippen molar-refractivity contribution in [2.75, 3.05) is 19.0 Å². The zero-order valence-corrected chi connectivity index (χ0v) is 38.9. The van der Waals surface area contributed by atoms with Crippen LogP contribution in [0.3, 0.4) is 0 Å². The van der Waals surface area contributed by atoms with Crippen molar-refractivity contribution >= 4 is 80.0 Å². The molecule has 7 heteroatoms. The number of halogens is 2. The van der Waals surface area contributed by atoms with Gasteiger partial charge in [0.2, 0.25) is 0 Å². The van der Waals surface area contributed by atoms with Crippen LogP contribution in [0.25, 0.3) is 0 Å². The first-order chi connectivity index (χ1) is 27.0. The topological polar surface area (TPSA) is 23.1 Å². The average Bonchev–Trinajstić information content (AvgIpc) is 3.25. The molecule has 0 aliphatic heterocycles. The van der Waals surface area contributed by atoms with Gasteiger partial charge in [-0.1, -0.05) is 188 Å². The molecule has 0 bridgehead atoms. The van der Waals surface area contributed by atoms with Gasteiger partial charge in [-0.05, 0) is 78.9 Å². The number of benzene rings is 7. The fourth-order valence-corrected chi connectivity index (χ4v) is 9.95. The zero-order valence-electron chi connectivity index (χ0n) is 31.0. The van der Waals surface area contributed by atoms with Crippen LogP contribution in [0.15, 0.2) is 206 Å². The van der Waals surface area contributed by atoms with Gasteiger partial charge in [-0.15, -0.1) is 5.92 Å². The SMILES string of the molecule is CC#Cc1ccc(N(C)C)cc1.[Br][W][Br].[C-]#[O+].c1ccc(P(c2ccccc2)c2ccccc2)cc1.c1ccc(P(c2ccccc2)c2ccccc2)cc1. The molecule has 0 radical (unpaired) electrons. The summed E-state index contributed by atoms with van der Waals surface area (Å²) in [6.07, 6.45) is 0. The van der Waals surface area contributed by atoms with Gasteiger partial charge in [-0.3, -0.25) is 0 Å². The van der Waals surface area contributed by atoms with Crippen LogP contribution < -0.4 is 36.7 Å². The summed E-state index contributed by atoms with van der Waals surface area (Å²) in [5.74, 6) is 5.87. The Hall–Kier alpha value is -3.85. The fraction of sp³-hybridized carbons (Fsp3) is 0.0625. The molecular weight excluding hydrogens is 1010 g/mol. The molecule has 55 heavy (non-hydrogen) atoms. The third kappa shape index (κ3) is 16.0. The molecule has 0 heterocycles. The van der Waals surface area contributed by atoms with Crippen molar-refractivity contribution in [3.63, 3.8) is 0 Å². The summed E-state index contributed by atoms with van der Waals surface area (Å²) in [4.78, 5) is 2.07. The Morgan fingerprint density at radius 1 is 0.436 bits per heavy atom. The van der Waals surface area contributed by atoms with E-state index in [-0.39, 0.29) is 14.5 Å². The van der Waals surface area contributed by atoms with E-state index in [1.54, 1.807) is 0 Å². The molecule has 0 amide bonds. The molecule has 0 unspecified atom stereocenters. The van der Waals surface area contributed by atoms with E-state index in [1.807, 2.05) is 33.2 Å². The Labute approximate surface area is 352 Å². The molecule has 0 aliphatic rings. The van der Waals surface area contributed by atoms with Crippen molar-refractivity contribution in [2.24, 2.45) is 0 Å². The second-order valence-corrected chi connectivity index (χ2v) is 28.8. The Kier molecular flexibility index (Phi) is 22.9. The first-order valence-corrected chi connectivity index (χ1v) is 32.8. The third-order valence-electron chi connectivity index (χ3n) is 7.74. The molecule has 0 spiro atoms. The quantitative estimate of drug-likeness (QED) is 0.0675. The van der Waals surface area contributed by atoms with Crippen LogP contribution in [0.1, 0.15) is 12.5 Å². The summed E-state index contributed by atoms with van der Waals surface area (Å²) < 4.78 is 7.50. The summed E-state index contributed by atoms with van der Waals surface area (Å²) in [6.45, 7) is 6.35. The van der Waals surface area contributed by atoms with Crippen LogP contribution in [0, 0.1) is 18.5 Å². The minimum absolute atomic E-state index is 0.125. The first kappa shape index (κ1) is 45.5. The van der Waals surface area contributed by atoms with Crippen LogP contribution in [0.5, 0.6) is 0 Å². The number of nitrogens with zero attached hydrogens (tertiary/aromatic N) is 1. The maximum atomic E-state index is 7.50. The van der Waals surface area contributed by atoms with Crippen molar-refractivity contribution in [1.82, 2.24) is 0 Å². The first-order valence-electron chi connectivity index (χ1n) is 17.3. The molecule has 0 saturated carbocycles. The smallest absolute Gasteiger partial charge is 0.0134 e. The predicted molar refractivity (Wildman–Crippen MR) is 245 cm³/mol. The summed E-state index contributed by atoms with van der Waals surface area (Å²) in [5.41, 5.74) is 2.28. The van der Waals surface area contributed by atoms with Gasteiger partial charge >= 0.3 is 52.3 Å². The molecule has 276 valence electrons. The van der Waals surface area contributed by atoms with Crippen molar-refractivity contribution in [2.45, 2.75) is 6.92 Å². The van der Waals surface area contributed by atoms with E-state index in [0.29, 0.717) is 0 Å². The average molecular weight is 1060 g/mol. The number of hydrogen-bond acceptors (Lipinski definition) is 1. The normalized spacial score (nSPS) is 9.55. The van der Waals surface area contributed by atoms with Gasteiger partial charge in [0, 0.05) is 25.3 Å². The van der Waals surface area contributed by atoms with Gasteiger partial charge in [0.25, 0.3) is 0 Å². The molecule has 0 aromatic heterocycles. The molecule has 2 nitrogen and oxygen atoms in total. The summed E-state index contributed by atoms with van der Waals surface area (Å²) in [5, 5.41) is 8.39. The van der Waals surface area contributed by atoms with E-state index in [9.17, 15) is 0 Å². The van der Waals surface area contributed by atoms with Crippen molar-refractivity contribution in [3.8, 4) is 11.8 Å². The minimum atomic E-state index is -0.446. The zero-order chi connectivity index (χ0) is 39.5. The fourth-order valence-electron chi connectivity index (χ4n) is 5.34. The van der Waals surface area contributed by atoms with E-state index in [4.69, 9.17) is 4.65 Å². The minimum Gasteiger partial charge on any atom is -0.0622 e. The van der Waals surface area contributed by atoms with Crippen molar-refractivity contribution < 1.29 is 19.1 Å². The maximum Gasteiger partial charge on any atom is -0.0134 e. The largest absolute Gasteiger partial charge is 0.0622 e. The van der Waals surface area contributed by atoms with E-state index >= 15 is 0 Å². The van der Waals surface area contributed by atoms with Crippen LogP contribution in [0.2, 0.25) is 0 Å². The summed E-state index contributed by atoms with van der Waals surface area (Å²) in [7, 11) is 3.16. The monoisotopic (exact) mass is 1050 g/mol. The van der Waals surface area contributed by atoms with Crippen LogP contribution in [-0.2, 0) is 19.1 Å². The maximum absolute atomic E-state index is 7.50. The Morgan fingerprint density at radius 2 is 0.655 bits per heavy atom. The number of hydrogen-bond donors (Lipinski definition) is 0. The van der Waals surface area contributed by atoms with E-state index in [2.05, 4.69) is 244 Å². The Balaban J connectivity index is 0.000000214.